The van der Waals surface area contributed by atoms with Crippen molar-refractivity contribution in [2.45, 2.75) is 6.54 Å². The van der Waals surface area contributed by atoms with Crippen LogP contribution < -0.4 is 11.1 Å². The molecule has 0 unspecified atom stereocenters. The van der Waals surface area contributed by atoms with Crippen molar-refractivity contribution in [3.05, 3.63) is 53.6 Å². The number of benzene rings is 1. The van der Waals surface area contributed by atoms with Crippen molar-refractivity contribution in [2.24, 2.45) is 5.73 Å². The molecule has 0 aliphatic carbocycles. The second kappa shape index (κ2) is 4.69. The van der Waals surface area contributed by atoms with Crippen LogP contribution in [0.1, 0.15) is 15.9 Å². The molecule has 5 heteroatoms. The van der Waals surface area contributed by atoms with E-state index in [1.807, 2.05) is 18.5 Å². The highest BCUT2D eigenvalue weighted by atomic mass is 19.1. The van der Waals surface area contributed by atoms with Gasteiger partial charge in [-0.1, -0.05) is 0 Å². The number of aromatic nitrogens is 1. The largest absolute Gasteiger partial charge is 0.381 e. The standard InChI is InChI=1S/C12H12FN3O/c13-11-2-1-9(5-10(11)12(14)17)16-7-8-3-4-15-6-8/h1-6,15-16H,7H2,(H2,14,17). The number of halogens is 1. The van der Waals surface area contributed by atoms with Crippen molar-refractivity contribution >= 4 is 11.6 Å². The molecular formula is C12H12FN3O. The zero-order valence-corrected chi connectivity index (χ0v) is 9.03. The van der Waals surface area contributed by atoms with Gasteiger partial charge in [0.1, 0.15) is 5.82 Å². The molecule has 0 aliphatic rings. The normalized spacial score (nSPS) is 10.2. The molecule has 4 nitrogen and oxygen atoms in total. The van der Waals surface area contributed by atoms with Crippen LogP contribution in [0.2, 0.25) is 0 Å². The molecule has 0 atom stereocenters. The Balaban J connectivity index is 2.11. The summed E-state index contributed by atoms with van der Waals surface area (Å²) in [6.07, 6.45) is 3.67. The number of carbonyl (C=O) groups is 1. The minimum Gasteiger partial charge on any atom is -0.381 e. The lowest BCUT2D eigenvalue weighted by Crippen LogP contribution is -2.13. The van der Waals surface area contributed by atoms with Gasteiger partial charge in [-0.15, -0.1) is 0 Å². The van der Waals surface area contributed by atoms with Gasteiger partial charge in [0.2, 0.25) is 0 Å². The van der Waals surface area contributed by atoms with E-state index in [1.165, 1.54) is 12.1 Å². The predicted molar refractivity (Wildman–Crippen MR) is 63.0 cm³/mol. The average molecular weight is 233 g/mol. The number of carbonyl (C=O) groups excluding carboxylic acids is 1. The first kappa shape index (κ1) is 11.2. The number of H-pyrrole nitrogens is 1. The van der Waals surface area contributed by atoms with Crippen LogP contribution in [0.3, 0.4) is 0 Å². The molecule has 2 rings (SSSR count). The van der Waals surface area contributed by atoms with Crippen LogP contribution in [-0.2, 0) is 6.54 Å². The molecule has 2 aromatic rings. The first-order chi connectivity index (χ1) is 8.16. The Kier molecular flexibility index (Phi) is 3.09. The third-order valence-electron chi connectivity index (χ3n) is 2.39. The van der Waals surface area contributed by atoms with Crippen molar-refractivity contribution in [1.29, 1.82) is 0 Å². The number of aromatic amines is 1. The van der Waals surface area contributed by atoms with E-state index in [-0.39, 0.29) is 5.56 Å². The number of amides is 1. The Morgan fingerprint density at radius 2 is 2.24 bits per heavy atom. The molecule has 1 aromatic heterocycles. The Morgan fingerprint density at radius 1 is 1.41 bits per heavy atom. The topological polar surface area (TPSA) is 70.9 Å². The van der Waals surface area contributed by atoms with Gasteiger partial charge >= 0.3 is 0 Å². The van der Waals surface area contributed by atoms with Crippen LogP contribution in [-0.4, -0.2) is 10.9 Å². The molecule has 0 aliphatic heterocycles. The fourth-order valence-corrected chi connectivity index (χ4v) is 1.50. The van der Waals surface area contributed by atoms with Crippen molar-refractivity contribution in [2.75, 3.05) is 5.32 Å². The summed E-state index contributed by atoms with van der Waals surface area (Å²) < 4.78 is 13.2. The van der Waals surface area contributed by atoms with Crippen molar-refractivity contribution < 1.29 is 9.18 Å². The maximum Gasteiger partial charge on any atom is 0.251 e. The zero-order valence-electron chi connectivity index (χ0n) is 9.03. The van der Waals surface area contributed by atoms with Gasteiger partial charge in [-0.25, -0.2) is 4.39 Å². The molecule has 17 heavy (non-hydrogen) atoms. The van der Waals surface area contributed by atoms with Crippen LogP contribution in [0.15, 0.2) is 36.7 Å². The second-order valence-corrected chi connectivity index (χ2v) is 3.63. The first-order valence-electron chi connectivity index (χ1n) is 5.11. The number of primary amides is 1. The highest BCUT2D eigenvalue weighted by molar-refractivity contribution is 5.94. The van der Waals surface area contributed by atoms with Crippen LogP contribution >= 0.6 is 0 Å². The van der Waals surface area contributed by atoms with E-state index in [9.17, 15) is 9.18 Å². The number of hydrogen-bond acceptors (Lipinski definition) is 2. The van der Waals surface area contributed by atoms with Gasteiger partial charge in [-0.05, 0) is 29.8 Å². The van der Waals surface area contributed by atoms with Crippen LogP contribution in [0.5, 0.6) is 0 Å². The van der Waals surface area contributed by atoms with E-state index >= 15 is 0 Å². The summed E-state index contributed by atoms with van der Waals surface area (Å²) in [6.45, 7) is 0.591. The quantitative estimate of drug-likeness (QED) is 0.754. The van der Waals surface area contributed by atoms with Gasteiger partial charge < -0.3 is 16.0 Å². The van der Waals surface area contributed by atoms with Crippen molar-refractivity contribution in [3.8, 4) is 0 Å². The molecule has 0 radical (unpaired) electrons. The number of hydrogen-bond donors (Lipinski definition) is 3. The third kappa shape index (κ3) is 2.63. The van der Waals surface area contributed by atoms with E-state index in [0.717, 1.165) is 5.56 Å². The monoisotopic (exact) mass is 233 g/mol. The molecule has 0 fully saturated rings. The predicted octanol–water partition coefficient (Wildman–Crippen LogP) is 1.86. The number of rotatable bonds is 4. The first-order valence-corrected chi connectivity index (χ1v) is 5.11. The molecule has 0 bridgehead atoms. The summed E-state index contributed by atoms with van der Waals surface area (Å²) >= 11 is 0. The molecular weight excluding hydrogens is 221 g/mol. The van der Waals surface area contributed by atoms with Crippen molar-refractivity contribution in [1.82, 2.24) is 4.98 Å². The average Bonchev–Trinajstić information content (AvgIpc) is 2.80. The summed E-state index contributed by atoms with van der Waals surface area (Å²) in [5.74, 6) is -1.38. The second-order valence-electron chi connectivity index (χ2n) is 3.63. The Bertz CT molecular complexity index is 523. The number of anilines is 1. The molecule has 88 valence electrons. The maximum absolute atomic E-state index is 13.2. The lowest BCUT2D eigenvalue weighted by molar-refractivity contribution is 0.0996. The van der Waals surface area contributed by atoms with Crippen LogP contribution in [0.4, 0.5) is 10.1 Å². The highest BCUT2D eigenvalue weighted by Crippen LogP contribution is 2.15. The van der Waals surface area contributed by atoms with Gasteiger partial charge in [0.15, 0.2) is 0 Å². The van der Waals surface area contributed by atoms with E-state index in [2.05, 4.69) is 10.3 Å². The SMILES string of the molecule is NC(=O)c1cc(NCc2cc[nH]c2)ccc1F. The van der Waals surface area contributed by atoms with E-state index in [0.29, 0.717) is 12.2 Å². The summed E-state index contributed by atoms with van der Waals surface area (Å²) in [7, 11) is 0. The van der Waals surface area contributed by atoms with Gasteiger partial charge in [-0.3, -0.25) is 4.79 Å². The van der Waals surface area contributed by atoms with Gasteiger partial charge in [0, 0.05) is 24.6 Å². The summed E-state index contributed by atoms with van der Waals surface area (Å²) in [6, 6.07) is 6.11. The Morgan fingerprint density at radius 3 is 2.88 bits per heavy atom. The highest BCUT2D eigenvalue weighted by Gasteiger charge is 2.08. The maximum atomic E-state index is 13.2. The lowest BCUT2D eigenvalue weighted by Gasteiger charge is -2.06. The molecule has 4 N–H and O–H groups in total. The van der Waals surface area contributed by atoms with Gasteiger partial charge in [0.25, 0.3) is 5.91 Å². The number of nitrogens with two attached hydrogens (primary N) is 1. The fourth-order valence-electron chi connectivity index (χ4n) is 1.50. The molecule has 1 aromatic carbocycles. The number of nitrogens with one attached hydrogen (secondary N) is 2. The van der Waals surface area contributed by atoms with Crippen LogP contribution in [0, 0.1) is 5.82 Å². The third-order valence-corrected chi connectivity index (χ3v) is 2.39. The molecule has 0 spiro atoms. The lowest BCUT2D eigenvalue weighted by atomic mass is 10.1. The van der Waals surface area contributed by atoms with E-state index < -0.39 is 11.7 Å². The molecule has 1 amide bonds. The Labute approximate surface area is 97.6 Å². The van der Waals surface area contributed by atoms with E-state index in [1.54, 1.807) is 6.07 Å². The van der Waals surface area contributed by atoms with Gasteiger partial charge in [-0.2, -0.15) is 0 Å². The smallest absolute Gasteiger partial charge is 0.251 e. The molecule has 0 saturated carbocycles. The zero-order chi connectivity index (χ0) is 12.3. The minimum atomic E-state index is -0.771. The van der Waals surface area contributed by atoms with Gasteiger partial charge in [0.05, 0.1) is 5.56 Å². The van der Waals surface area contributed by atoms with Crippen molar-refractivity contribution in [3.63, 3.8) is 0 Å². The summed E-state index contributed by atoms with van der Waals surface area (Å²) in [5.41, 5.74) is 6.67. The van der Waals surface area contributed by atoms with Crippen LogP contribution in [0.25, 0.3) is 0 Å². The molecule has 1 heterocycles. The Hall–Kier alpha value is -2.30. The molecule has 0 saturated heterocycles. The minimum absolute atomic E-state index is 0.107. The van der Waals surface area contributed by atoms with E-state index in [4.69, 9.17) is 5.73 Å². The summed E-state index contributed by atoms with van der Waals surface area (Å²) in [5, 5.41) is 3.08. The summed E-state index contributed by atoms with van der Waals surface area (Å²) in [4.78, 5) is 13.9. The fraction of sp³-hybridized carbons (Fsp3) is 0.0833.